The first-order chi connectivity index (χ1) is 15.5. The zero-order chi connectivity index (χ0) is 23.3. The molecular formula is C24H34O8. The predicted molar refractivity (Wildman–Crippen MR) is 115 cm³/mol. The summed E-state index contributed by atoms with van der Waals surface area (Å²) in [5.74, 6) is -1.93. The molecule has 8 heteroatoms. The van der Waals surface area contributed by atoms with Crippen molar-refractivity contribution in [2.24, 2.45) is 11.8 Å². The Balaban J connectivity index is 2.19. The highest BCUT2D eigenvalue weighted by Crippen LogP contribution is 2.64. The third-order valence-corrected chi connectivity index (χ3v) is 6.41. The maximum atomic E-state index is 13.4. The molecule has 0 aliphatic heterocycles. The van der Waals surface area contributed by atoms with Crippen molar-refractivity contribution >= 4 is 17.9 Å². The molecule has 2 aliphatic rings. The van der Waals surface area contributed by atoms with Crippen LogP contribution >= 0.6 is 0 Å². The van der Waals surface area contributed by atoms with E-state index in [0.717, 1.165) is 25.7 Å². The van der Waals surface area contributed by atoms with Crippen LogP contribution in [0, 0.1) is 11.8 Å². The quantitative estimate of drug-likeness (QED) is 0.381. The Morgan fingerprint density at radius 2 is 1.50 bits per heavy atom. The van der Waals surface area contributed by atoms with Crippen molar-refractivity contribution in [2.45, 2.75) is 71.6 Å². The number of carbonyl (C=O) groups is 3. The lowest BCUT2D eigenvalue weighted by molar-refractivity contribution is -0.147. The molecule has 2 atom stereocenters. The van der Waals surface area contributed by atoms with Gasteiger partial charge in [0.15, 0.2) is 0 Å². The smallest absolute Gasteiger partial charge is 0.375 e. The monoisotopic (exact) mass is 450 g/mol. The lowest BCUT2D eigenvalue weighted by atomic mass is 9.80. The van der Waals surface area contributed by atoms with Gasteiger partial charge in [-0.25, -0.2) is 9.59 Å². The van der Waals surface area contributed by atoms with Crippen molar-refractivity contribution in [3.05, 3.63) is 16.9 Å². The molecule has 1 heterocycles. The van der Waals surface area contributed by atoms with Crippen LogP contribution in [0.3, 0.4) is 0 Å². The highest BCUT2D eigenvalue weighted by atomic mass is 16.6. The van der Waals surface area contributed by atoms with E-state index in [1.807, 2.05) is 0 Å². The van der Waals surface area contributed by atoms with Crippen molar-refractivity contribution in [1.29, 1.82) is 0 Å². The van der Waals surface area contributed by atoms with E-state index in [1.165, 1.54) is 6.42 Å². The number of carbonyl (C=O) groups excluding carboxylic acids is 3. The average Bonchev–Trinajstić information content (AvgIpc) is 3.42. The van der Waals surface area contributed by atoms with E-state index in [2.05, 4.69) is 0 Å². The number of ether oxygens (including phenoxy) is 4. The van der Waals surface area contributed by atoms with E-state index in [-0.39, 0.29) is 55.2 Å². The molecule has 0 aromatic carbocycles. The molecule has 0 N–H and O–H groups in total. The zero-order valence-electron chi connectivity index (χ0n) is 19.5. The molecule has 0 saturated heterocycles. The Kier molecular flexibility index (Phi) is 7.85. The van der Waals surface area contributed by atoms with Crippen LogP contribution in [0.15, 0.2) is 4.42 Å². The summed E-state index contributed by atoms with van der Waals surface area (Å²) in [6.45, 7) is 7.51. The van der Waals surface area contributed by atoms with Gasteiger partial charge in [0.2, 0.25) is 5.76 Å². The fourth-order valence-corrected chi connectivity index (χ4v) is 5.06. The second-order valence-corrected chi connectivity index (χ2v) is 8.24. The van der Waals surface area contributed by atoms with Gasteiger partial charge in [-0.3, -0.25) is 4.79 Å². The van der Waals surface area contributed by atoms with Gasteiger partial charge in [0.25, 0.3) is 5.95 Å². The van der Waals surface area contributed by atoms with Gasteiger partial charge >= 0.3 is 17.9 Å². The van der Waals surface area contributed by atoms with Crippen LogP contribution in [-0.4, -0.2) is 44.3 Å². The maximum absolute atomic E-state index is 13.4. The Hall–Kier alpha value is -2.51. The standard InChI is InChI=1S/C24H34O8/c1-5-28-20(25)17-18(22(30-7-3)32-19(17)21(26)29-6-2)24(23(27)31-8-4)14-16(24)15-12-10-9-11-13-15/h15-16H,5-14H2,1-4H3/t16-,24-/m1/s1. The van der Waals surface area contributed by atoms with Crippen LogP contribution in [-0.2, 0) is 24.4 Å². The largest absolute Gasteiger partial charge is 0.465 e. The molecule has 2 fully saturated rings. The second-order valence-electron chi connectivity index (χ2n) is 8.24. The van der Waals surface area contributed by atoms with Crippen LogP contribution in [0.25, 0.3) is 0 Å². The van der Waals surface area contributed by atoms with Gasteiger partial charge in [0, 0.05) is 0 Å². The van der Waals surface area contributed by atoms with Gasteiger partial charge in [-0.1, -0.05) is 32.1 Å². The molecule has 0 spiro atoms. The molecule has 1 aromatic rings. The van der Waals surface area contributed by atoms with Crippen molar-refractivity contribution < 1.29 is 37.7 Å². The molecule has 178 valence electrons. The van der Waals surface area contributed by atoms with E-state index >= 15 is 0 Å². The van der Waals surface area contributed by atoms with Crippen LogP contribution in [0.1, 0.15) is 92.7 Å². The minimum Gasteiger partial charge on any atom is -0.465 e. The van der Waals surface area contributed by atoms with E-state index < -0.39 is 23.3 Å². The van der Waals surface area contributed by atoms with Gasteiger partial charge in [0.1, 0.15) is 11.0 Å². The van der Waals surface area contributed by atoms with E-state index in [9.17, 15) is 14.4 Å². The molecule has 8 nitrogen and oxygen atoms in total. The summed E-state index contributed by atoms with van der Waals surface area (Å²) in [6.07, 6.45) is 5.97. The van der Waals surface area contributed by atoms with Crippen molar-refractivity contribution in [2.75, 3.05) is 26.4 Å². The molecule has 0 radical (unpaired) electrons. The maximum Gasteiger partial charge on any atom is 0.375 e. The highest BCUT2D eigenvalue weighted by molar-refractivity contribution is 6.05. The third-order valence-electron chi connectivity index (χ3n) is 6.41. The summed E-state index contributed by atoms with van der Waals surface area (Å²) >= 11 is 0. The molecular weight excluding hydrogens is 416 g/mol. The van der Waals surface area contributed by atoms with E-state index in [1.54, 1.807) is 27.7 Å². The number of esters is 3. The molecule has 3 rings (SSSR count). The van der Waals surface area contributed by atoms with E-state index in [4.69, 9.17) is 23.4 Å². The summed E-state index contributed by atoms with van der Waals surface area (Å²) in [5, 5.41) is 0. The van der Waals surface area contributed by atoms with Crippen LogP contribution in [0.4, 0.5) is 0 Å². The van der Waals surface area contributed by atoms with Crippen LogP contribution in [0.2, 0.25) is 0 Å². The Bertz CT molecular complexity index is 835. The Morgan fingerprint density at radius 1 is 0.875 bits per heavy atom. The van der Waals surface area contributed by atoms with E-state index in [0.29, 0.717) is 12.3 Å². The molecule has 0 bridgehead atoms. The normalized spacial score (nSPS) is 22.8. The summed E-state index contributed by atoms with van der Waals surface area (Å²) < 4.78 is 27.3. The second kappa shape index (κ2) is 10.4. The summed E-state index contributed by atoms with van der Waals surface area (Å²) in [6, 6.07) is 0. The number of hydrogen-bond donors (Lipinski definition) is 0. The number of furan rings is 1. The van der Waals surface area contributed by atoms with Gasteiger partial charge in [-0.05, 0) is 46.0 Å². The minimum atomic E-state index is -1.10. The minimum absolute atomic E-state index is 0.00929. The third kappa shape index (κ3) is 4.36. The number of hydrogen-bond acceptors (Lipinski definition) is 8. The SMILES string of the molecule is CCOC(=O)c1oc(OCC)c([C@@]2(C(=O)OCC)C[C@@H]2C2CCCCC2)c1C(=O)OCC. The Morgan fingerprint density at radius 3 is 2.09 bits per heavy atom. The fourth-order valence-electron chi connectivity index (χ4n) is 5.06. The van der Waals surface area contributed by atoms with Gasteiger partial charge < -0.3 is 23.4 Å². The lowest BCUT2D eigenvalue weighted by Crippen LogP contribution is -2.31. The predicted octanol–water partition coefficient (Wildman–Crippen LogP) is 4.43. The summed E-state index contributed by atoms with van der Waals surface area (Å²) in [5.41, 5.74) is -0.909. The Labute approximate surface area is 188 Å². The van der Waals surface area contributed by atoms with Gasteiger partial charge in [0.05, 0.1) is 32.0 Å². The summed E-state index contributed by atoms with van der Waals surface area (Å²) in [7, 11) is 0. The molecule has 1 aromatic heterocycles. The lowest BCUT2D eigenvalue weighted by Gasteiger charge is -2.25. The first kappa shape index (κ1) is 24.1. The number of rotatable bonds is 10. The fraction of sp³-hybridized carbons (Fsp3) is 0.708. The zero-order valence-corrected chi connectivity index (χ0v) is 19.5. The van der Waals surface area contributed by atoms with Crippen LogP contribution in [0.5, 0.6) is 5.95 Å². The summed E-state index contributed by atoms with van der Waals surface area (Å²) in [4.78, 5) is 39.1. The van der Waals surface area contributed by atoms with Crippen molar-refractivity contribution in [1.82, 2.24) is 0 Å². The molecule has 0 amide bonds. The average molecular weight is 451 g/mol. The highest BCUT2D eigenvalue weighted by Gasteiger charge is 2.68. The molecule has 2 aliphatic carbocycles. The first-order valence-corrected chi connectivity index (χ1v) is 11.8. The first-order valence-electron chi connectivity index (χ1n) is 11.8. The molecule has 32 heavy (non-hydrogen) atoms. The van der Waals surface area contributed by atoms with Crippen LogP contribution < -0.4 is 4.74 Å². The van der Waals surface area contributed by atoms with Crippen molar-refractivity contribution in [3.63, 3.8) is 0 Å². The molecule has 0 unspecified atom stereocenters. The topological polar surface area (TPSA) is 101 Å². The molecule has 2 saturated carbocycles. The van der Waals surface area contributed by atoms with Gasteiger partial charge in [-0.2, -0.15) is 0 Å². The van der Waals surface area contributed by atoms with Crippen molar-refractivity contribution in [3.8, 4) is 5.95 Å². The van der Waals surface area contributed by atoms with Gasteiger partial charge in [-0.15, -0.1) is 0 Å².